The number of hydrogen-bond acceptors (Lipinski definition) is 3. The molecule has 2 unspecified atom stereocenters. The van der Waals surface area contributed by atoms with Crippen molar-refractivity contribution >= 4 is 29.1 Å². The molecule has 0 aliphatic carbocycles. The standard InChI is InChI=1S/C21H28N2O2.ClH/c1-15(17-7-5-11-22-13-17)12-21(24)23-14-19-18-8-4-3-6-16(18)9-10-20(19)25-2;/h3-4,6,8-10,15,17,22H,5,7,11-14H2,1-2H3,(H,23,24);1H. The quantitative estimate of drug-likeness (QED) is 0.803. The van der Waals surface area contributed by atoms with Crippen LogP contribution in [0.3, 0.4) is 0 Å². The second-order valence-corrected chi connectivity index (χ2v) is 7.03. The monoisotopic (exact) mass is 376 g/mol. The van der Waals surface area contributed by atoms with Crippen LogP contribution in [0.15, 0.2) is 36.4 Å². The van der Waals surface area contributed by atoms with Crippen LogP contribution >= 0.6 is 12.4 Å². The molecule has 0 radical (unpaired) electrons. The molecule has 3 rings (SSSR count). The molecule has 0 bridgehead atoms. The van der Waals surface area contributed by atoms with Gasteiger partial charge in [0.2, 0.25) is 5.91 Å². The molecule has 1 aliphatic rings. The maximum atomic E-state index is 12.4. The molecule has 2 aromatic carbocycles. The minimum absolute atomic E-state index is 0. The highest BCUT2D eigenvalue weighted by Gasteiger charge is 2.22. The fourth-order valence-electron chi connectivity index (χ4n) is 3.77. The molecule has 0 aromatic heterocycles. The first kappa shape index (κ1) is 20.5. The van der Waals surface area contributed by atoms with E-state index in [1.54, 1.807) is 7.11 Å². The van der Waals surface area contributed by atoms with Crippen molar-refractivity contribution in [3.05, 3.63) is 42.0 Å². The van der Waals surface area contributed by atoms with Gasteiger partial charge in [-0.3, -0.25) is 4.79 Å². The van der Waals surface area contributed by atoms with Crippen molar-refractivity contribution in [2.75, 3.05) is 20.2 Å². The number of fused-ring (bicyclic) bond motifs is 1. The predicted molar refractivity (Wildman–Crippen MR) is 109 cm³/mol. The van der Waals surface area contributed by atoms with Crippen LogP contribution < -0.4 is 15.4 Å². The van der Waals surface area contributed by atoms with Gasteiger partial charge in [0.1, 0.15) is 5.75 Å². The minimum Gasteiger partial charge on any atom is -0.496 e. The number of benzene rings is 2. The van der Waals surface area contributed by atoms with E-state index < -0.39 is 0 Å². The second-order valence-electron chi connectivity index (χ2n) is 7.03. The van der Waals surface area contributed by atoms with Crippen LogP contribution in [0.4, 0.5) is 0 Å². The minimum atomic E-state index is 0. The van der Waals surface area contributed by atoms with E-state index in [4.69, 9.17) is 4.74 Å². The summed E-state index contributed by atoms with van der Waals surface area (Å²) >= 11 is 0. The van der Waals surface area contributed by atoms with Crippen molar-refractivity contribution in [1.82, 2.24) is 10.6 Å². The van der Waals surface area contributed by atoms with Crippen LogP contribution in [0.1, 0.15) is 31.7 Å². The molecular weight excluding hydrogens is 348 g/mol. The lowest BCUT2D eigenvalue weighted by Crippen LogP contribution is -2.35. The molecule has 0 saturated carbocycles. The average Bonchev–Trinajstić information content (AvgIpc) is 2.66. The van der Waals surface area contributed by atoms with Crippen LogP contribution in [-0.2, 0) is 11.3 Å². The summed E-state index contributed by atoms with van der Waals surface area (Å²) in [4.78, 5) is 12.4. The Bertz CT molecular complexity index is 729. The van der Waals surface area contributed by atoms with Gasteiger partial charge < -0.3 is 15.4 Å². The van der Waals surface area contributed by atoms with Gasteiger partial charge in [-0.15, -0.1) is 12.4 Å². The Labute approximate surface area is 162 Å². The highest BCUT2D eigenvalue weighted by molar-refractivity contribution is 5.88. The van der Waals surface area contributed by atoms with Crippen molar-refractivity contribution in [2.45, 2.75) is 32.7 Å². The summed E-state index contributed by atoms with van der Waals surface area (Å²) in [6, 6.07) is 12.2. The molecule has 1 saturated heterocycles. The van der Waals surface area contributed by atoms with Crippen LogP contribution in [0.5, 0.6) is 5.75 Å². The van der Waals surface area contributed by atoms with E-state index >= 15 is 0 Å². The van der Waals surface area contributed by atoms with Gasteiger partial charge in [-0.05, 0) is 54.6 Å². The Hall–Kier alpha value is -1.78. The third-order valence-corrected chi connectivity index (χ3v) is 5.33. The Morgan fingerprint density at radius 3 is 2.85 bits per heavy atom. The average molecular weight is 377 g/mol. The summed E-state index contributed by atoms with van der Waals surface area (Å²) in [5, 5.41) is 8.82. The lowest BCUT2D eigenvalue weighted by atomic mass is 9.85. The SMILES string of the molecule is COc1ccc2ccccc2c1CNC(=O)CC(C)C1CCCNC1.Cl. The fourth-order valence-corrected chi connectivity index (χ4v) is 3.77. The van der Waals surface area contributed by atoms with Crippen LogP contribution in [-0.4, -0.2) is 26.1 Å². The molecule has 1 amide bonds. The zero-order chi connectivity index (χ0) is 17.6. The molecule has 1 heterocycles. The van der Waals surface area contributed by atoms with Gasteiger partial charge in [0.05, 0.1) is 7.11 Å². The molecular formula is C21H29ClN2O2. The van der Waals surface area contributed by atoms with Crippen LogP contribution in [0, 0.1) is 11.8 Å². The predicted octanol–water partition coefficient (Wildman–Crippen LogP) is 3.91. The molecule has 1 fully saturated rings. The molecule has 26 heavy (non-hydrogen) atoms. The molecule has 142 valence electrons. The number of carbonyl (C=O) groups excluding carboxylic acids is 1. The topological polar surface area (TPSA) is 50.4 Å². The molecule has 2 atom stereocenters. The fraction of sp³-hybridized carbons (Fsp3) is 0.476. The number of ether oxygens (including phenoxy) is 1. The van der Waals surface area contributed by atoms with Gasteiger partial charge in [-0.25, -0.2) is 0 Å². The number of piperidine rings is 1. The first-order valence-corrected chi connectivity index (χ1v) is 9.21. The summed E-state index contributed by atoms with van der Waals surface area (Å²) in [7, 11) is 1.67. The summed E-state index contributed by atoms with van der Waals surface area (Å²) in [6.07, 6.45) is 3.02. The molecule has 5 heteroatoms. The lowest BCUT2D eigenvalue weighted by Gasteiger charge is -2.28. The maximum absolute atomic E-state index is 12.4. The van der Waals surface area contributed by atoms with Crippen molar-refractivity contribution in [2.24, 2.45) is 11.8 Å². The van der Waals surface area contributed by atoms with E-state index in [1.165, 1.54) is 12.8 Å². The Morgan fingerprint density at radius 1 is 1.31 bits per heavy atom. The van der Waals surface area contributed by atoms with E-state index in [9.17, 15) is 4.79 Å². The van der Waals surface area contributed by atoms with E-state index in [-0.39, 0.29) is 18.3 Å². The zero-order valence-corrected chi connectivity index (χ0v) is 16.4. The molecule has 2 N–H and O–H groups in total. The molecule has 1 aliphatic heterocycles. The summed E-state index contributed by atoms with van der Waals surface area (Å²) in [5.41, 5.74) is 1.04. The summed E-state index contributed by atoms with van der Waals surface area (Å²) < 4.78 is 5.50. The van der Waals surface area contributed by atoms with E-state index in [0.717, 1.165) is 35.2 Å². The van der Waals surface area contributed by atoms with Crippen molar-refractivity contribution in [1.29, 1.82) is 0 Å². The number of methoxy groups -OCH3 is 1. The number of nitrogens with one attached hydrogen (secondary N) is 2. The van der Waals surface area contributed by atoms with E-state index in [0.29, 0.717) is 24.8 Å². The zero-order valence-electron chi connectivity index (χ0n) is 15.6. The Balaban J connectivity index is 0.00000243. The van der Waals surface area contributed by atoms with E-state index in [1.807, 2.05) is 18.2 Å². The van der Waals surface area contributed by atoms with Gasteiger partial charge in [-0.1, -0.05) is 37.3 Å². The van der Waals surface area contributed by atoms with Crippen LogP contribution in [0.2, 0.25) is 0 Å². The summed E-state index contributed by atoms with van der Waals surface area (Å²) in [5.74, 6) is 1.95. The van der Waals surface area contributed by atoms with E-state index in [2.05, 4.69) is 35.8 Å². The largest absolute Gasteiger partial charge is 0.496 e. The maximum Gasteiger partial charge on any atom is 0.220 e. The third-order valence-electron chi connectivity index (χ3n) is 5.33. The van der Waals surface area contributed by atoms with Gasteiger partial charge in [0, 0.05) is 18.5 Å². The highest BCUT2D eigenvalue weighted by Crippen LogP contribution is 2.28. The van der Waals surface area contributed by atoms with Crippen molar-refractivity contribution in [3.8, 4) is 5.75 Å². The molecule has 2 aromatic rings. The number of hydrogen-bond donors (Lipinski definition) is 2. The van der Waals surface area contributed by atoms with Gasteiger partial charge in [0.15, 0.2) is 0 Å². The number of carbonyl (C=O) groups is 1. The number of halogens is 1. The second kappa shape index (κ2) is 9.79. The smallest absolute Gasteiger partial charge is 0.220 e. The number of rotatable bonds is 6. The highest BCUT2D eigenvalue weighted by atomic mass is 35.5. The van der Waals surface area contributed by atoms with Crippen LogP contribution in [0.25, 0.3) is 10.8 Å². The van der Waals surface area contributed by atoms with Gasteiger partial charge >= 0.3 is 0 Å². The normalized spacial score (nSPS) is 18.0. The number of amides is 1. The molecule has 4 nitrogen and oxygen atoms in total. The first-order chi connectivity index (χ1) is 12.2. The lowest BCUT2D eigenvalue weighted by molar-refractivity contribution is -0.122. The summed E-state index contributed by atoms with van der Waals surface area (Å²) in [6.45, 7) is 4.83. The first-order valence-electron chi connectivity index (χ1n) is 9.21. The van der Waals surface area contributed by atoms with Crippen molar-refractivity contribution < 1.29 is 9.53 Å². The van der Waals surface area contributed by atoms with Gasteiger partial charge in [-0.2, -0.15) is 0 Å². The van der Waals surface area contributed by atoms with Crippen molar-refractivity contribution in [3.63, 3.8) is 0 Å². The molecule has 0 spiro atoms. The Morgan fingerprint density at radius 2 is 2.12 bits per heavy atom. The Kier molecular flexibility index (Phi) is 7.73. The third kappa shape index (κ3) is 4.89. The van der Waals surface area contributed by atoms with Gasteiger partial charge in [0.25, 0.3) is 0 Å².